The summed E-state index contributed by atoms with van der Waals surface area (Å²) >= 11 is 0. The second kappa shape index (κ2) is 5.85. The predicted octanol–water partition coefficient (Wildman–Crippen LogP) is 2.93. The highest BCUT2D eigenvalue weighted by molar-refractivity contribution is 5.64. The summed E-state index contributed by atoms with van der Waals surface area (Å²) in [6.07, 6.45) is 5.33. The second-order valence-corrected chi connectivity index (χ2v) is 6.07. The monoisotopic (exact) mass is 269 g/mol. The number of benzene rings is 1. The van der Waals surface area contributed by atoms with E-state index in [1.165, 1.54) is 44.3 Å². The van der Waals surface area contributed by atoms with Gasteiger partial charge in [0.25, 0.3) is 0 Å². The normalized spacial score (nSPS) is 23.8. The summed E-state index contributed by atoms with van der Waals surface area (Å²) in [5, 5.41) is 9.33. The van der Waals surface area contributed by atoms with E-state index >= 15 is 0 Å². The summed E-state index contributed by atoms with van der Waals surface area (Å²) in [5.41, 5.74) is 3.21. The maximum absolute atomic E-state index is 9.33. The van der Waals surface area contributed by atoms with E-state index in [0.717, 1.165) is 24.3 Å². The van der Waals surface area contributed by atoms with Crippen LogP contribution in [0, 0.1) is 18.3 Å². The van der Waals surface area contributed by atoms with Crippen LogP contribution in [0.15, 0.2) is 18.2 Å². The van der Waals surface area contributed by atoms with Crippen LogP contribution in [-0.4, -0.2) is 37.1 Å². The molecule has 1 aromatic rings. The van der Waals surface area contributed by atoms with Crippen LogP contribution in [0.1, 0.15) is 36.8 Å². The van der Waals surface area contributed by atoms with E-state index in [0.29, 0.717) is 6.04 Å². The number of aryl methyl sites for hydroxylation is 1. The molecule has 2 aliphatic rings. The molecule has 1 unspecified atom stereocenters. The topological polar surface area (TPSA) is 30.3 Å². The Hall–Kier alpha value is -1.53. The first-order valence-corrected chi connectivity index (χ1v) is 7.78. The number of nitrogens with zero attached hydrogens (tertiary/aromatic N) is 3. The molecule has 0 amide bonds. The molecule has 0 bridgehead atoms. The Kier molecular flexibility index (Phi) is 3.93. The van der Waals surface area contributed by atoms with Crippen molar-refractivity contribution in [2.45, 2.75) is 38.6 Å². The van der Waals surface area contributed by atoms with Gasteiger partial charge in [-0.3, -0.25) is 4.90 Å². The molecule has 0 spiro atoms. The molecule has 0 aromatic heterocycles. The van der Waals surface area contributed by atoms with E-state index in [9.17, 15) is 5.26 Å². The Bertz CT molecular complexity index is 511. The summed E-state index contributed by atoms with van der Waals surface area (Å²) in [7, 11) is 0. The lowest BCUT2D eigenvalue weighted by molar-refractivity contribution is 0.175. The molecule has 106 valence electrons. The highest BCUT2D eigenvalue weighted by Crippen LogP contribution is 2.30. The zero-order valence-electron chi connectivity index (χ0n) is 12.3. The van der Waals surface area contributed by atoms with E-state index < -0.39 is 0 Å². The molecule has 0 radical (unpaired) electrons. The minimum Gasteiger partial charge on any atom is -0.369 e. The molecule has 3 rings (SSSR count). The highest BCUT2D eigenvalue weighted by Gasteiger charge is 2.30. The van der Waals surface area contributed by atoms with Gasteiger partial charge in [-0.15, -0.1) is 0 Å². The molecule has 2 saturated heterocycles. The summed E-state index contributed by atoms with van der Waals surface area (Å²) in [6.45, 7) is 6.80. The molecule has 2 fully saturated rings. The predicted molar refractivity (Wildman–Crippen MR) is 81.9 cm³/mol. The van der Waals surface area contributed by atoms with Crippen molar-refractivity contribution in [1.82, 2.24) is 4.90 Å². The first-order chi connectivity index (χ1) is 9.79. The zero-order chi connectivity index (χ0) is 13.9. The highest BCUT2D eigenvalue weighted by atomic mass is 15.3. The van der Waals surface area contributed by atoms with Crippen LogP contribution in [0.3, 0.4) is 0 Å². The average molecular weight is 269 g/mol. The average Bonchev–Trinajstić information content (AvgIpc) is 2.97. The second-order valence-electron chi connectivity index (χ2n) is 6.07. The minimum absolute atomic E-state index is 0.682. The van der Waals surface area contributed by atoms with Gasteiger partial charge in [0.2, 0.25) is 0 Å². The van der Waals surface area contributed by atoms with Gasteiger partial charge >= 0.3 is 0 Å². The van der Waals surface area contributed by atoms with Crippen molar-refractivity contribution >= 4 is 5.69 Å². The van der Waals surface area contributed by atoms with Crippen molar-refractivity contribution in [3.05, 3.63) is 29.3 Å². The standard InChI is InChI=1S/C17H23N3/c1-14-6-5-7-15(12-18)17(14)20-11-8-16(13-20)19-9-3-2-4-10-19/h5-7,16H,2-4,8-11,13H2,1H3. The van der Waals surface area contributed by atoms with Crippen molar-refractivity contribution in [3.63, 3.8) is 0 Å². The van der Waals surface area contributed by atoms with E-state index in [4.69, 9.17) is 0 Å². The number of anilines is 1. The quantitative estimate of drug-likeness (QED) is 0.827. The Morgan fingerprint density at radius 2 is 1.95 bits per heavy atom. The molecule has 1 aromatic carbocycles. The zero-order valence-corrected chi connectivity index (χ0v) is 12.3. The number of piperidine rings is 1. The van der Waals surface area contributed by atoms with Crippen LogP contribution in [0.25, 0.3) is 0 Å². The molecule has 3 heteroatoms. The largest absolute Gasteiger partial charge is 0.369 e. The van der Waals surface area contributed by atoms with E-state index in [1.807, 2.05) is 12.1 Å². The van der Waals surface area contributed by atoms with E-state index in [1.54, 1.807) is 0 Å². The van der Waals surface area contributed by atoms with Gasteiger partial charge in [0, 0.05) is 19.1 Å². The number of hydrogen-bond acceptors (Lipinski definition) is 3. The summed E-state index contributed by atoms with van der Waals surface area (Å²) in [4.78, 5) is 5.08. The summed E-state index contributed by atoms with van der Waals surface area (Å²) < 4.78 is 0. The lowest BCUT2D eigenvalue weighted by atomic mass is 10.1. The summed E-state index contributed by atoms with van der Waals surface area (Å²) in [5.74, 6) is 0. The molecular formula is C17H23N3. The number of nitriles is 1. The molecule has 0 N–H and O–H groups in total. The van der Waals surface area contributed by atoms with Crippen molar-refractivity contribution < 1.29 is 0 Å². The number of hydrogen-bond donors (Lipinski definition) is 0. The fourth-order valence-corrected chi connectivity index (χ4v) is 3.70. The SMILES string of the molecule is Cc1cccc(C#N)c1N1CCC(N2CCCCC2)C1. The molecule has 2 aliphatic heterocycles. The molecule has 0 saturated carbocycles. The molecule has 20 heavy (non-hydrogen) atoms. The van der Waals surface area contributed by atoms with Crippen LogP contribution >= 0.6 is 0 Å². The van der Waals surface area contributed by atoms with E-state index in [2.05, 4.69) is 28.9 Å². The maximum Gasteiger partial charge on any atom is 0.101 e. The van der Waals surface area contributed by atoms with Gasteiger partial charge in [-0.2, -0.15) is 5.26 Å². The first kappa shape index (κ1) is 13.5. The van der Waals surface area contributed by atoms with Gasteiger partial charge in [-0.05, 0) is 50.9 Å². The molecule has 1 atom stereocenters. The van der Waals surface area contributed by atoms with Gasteiger partial charge in [0.15, 0.2) is 0 Å². The van der Waals surface area contributed by atoms with Crippen molar-refractivity contribution in [1.29, 1.82) is 5.26 Å². The van der Waals surface area contributed by atoms with Crippen LogP contribution in [-0.2, 0) is 0 Å². The molecule has 3 nitrogen and oxygen atoms in total. The minimum atomic E-state index is 0.682. The van der Waals surface area contributed by atoms with Crippen molar-refractivity contribution in [3.8, 4) is 6.07 Å². The Labute approximate surface area is 121 Å². The first-order valence-electron chi connectivity index (χ1n) is 7.78. The Balaban J connectivity index is 1.75. The number of para-hydroxylation sites is 1. The maximum atomic E-state index is 9.33. The molecular weight excluding hydrogens is 246 g/mol. The fourth-order valence-electron chi connectivity index (χ4n) is 3.70. The van der Waals surface area contributed by atoms with Crippen molar-refractivity contribution in [2.24, 2.45) is 0 Å². The molecule has 0 aliphatic carbocycles. The number of rotatable bonds is 2. The fraction of sp³-hybridized carbons (Fsp3) is 0.588. The van der Waals surface area contributed by atoms with E-state index in [-0.39, 0.29) is 0 Å². The van der Waals surface area contributed by atoms with Gasteiger partial charge in [-0.25, -0.2) is 0 Å². The van der Waals surface area contributed by atoms with Crippen LogP contribution in [0.2, 0.25) is 0 Å². The lowest BCUT2D eigenvalue weighted by Gasteiger charge is -2.32. The van der Waals surface area contributed by atoms with Gasteiger partial charge in [0.05, 0.1) is 11.3 Å². The van der Waals surface area contributed by atoms with Crippen LogP contribution < -0.4 is 4.90 Å². The third kappa shape index (κ3) is 2.53. The summed E-state index contributed by atoms with van der Waals surface area (Å²) in [6, 6.07) is 9.07. The Morgan fingerprint density at radius 3 is 2.70 bits per heavy atom. The number of likely N-dealkylation sites (tertiary alicyclic amines) is 1. The van der Waals surface area contributed by atoms with Gasteiger partial charge in [-0.1, -0.05) is 18.6 Å². The van der Waals surface area contributed by atoms with Crippen LogP contribution in [0.4, 0.5) is 5.69 Å². The third-order valence-electron chi connectivity index (χ3n) is 4.74. The van der Waals surface area contributed by atoms with Gasteiger partial charge < -0.3 is 4.90 Å². The Morgan fingerprint density at radius 1 is 1.15 bits per heavy atom. The third-order valence-corrected chi connectivity index (χ3v) is 4.74. The molecule has 2 heterocycles. The van der Waals surface area contributed by atoms with Crippen LogP contribution in [0.5, 0.6) is 0 Å². The van der Waals surface area contributed by atoms with Gasteiger partial charge in [0.1, 0.15) is 6.07 Å². The van der Waals surface area contributed by atoms with Crippen molar-refractivity contribution in [2.75, 3.05) is 31.1 Å². The lowest BCUT2D eigenvalue weighted by Crippen LogP contribution is -2.41. The smallest absolute Gasteiger partial charge is 0.101 e.